The molecule has 1 rings (SSSR count). The monoisotopic (exact) mass is 294 g/mol. The Morgan fingerprint density at radius 3 is 2.40 bits per heavy atom. The smallest absolute Gasteiger partial charge is 0.260 e. The number of amides is 1. The largest absolute Gasteiger partial charge is 0.484 e. The van der Waals surface area contributed by atoms with Crippen molar-refractivity contribution < 1.29 is 9.53 Å². The second-order valence-electron chi connectivity index (χ2n) is 5.00. The standard InChI is InChI=1S/C15H22N2O2S/c1-4-17(9-11(2)3)14(18)10-19-13-7-5-12(6-8-13)15(16)20/h5-8,11H,4,9-10H2,1-3H3,(H2,16,20). The number of benzene rings is 1. The van der Waals surface area contributed by atoms with Gasteiger partial charge in [0.05, 0.1) is 0 Å². The van der Waals surface area contributed by atoms with Crippen LogP contribution in [0.1, 0.15) is 26.3 Å². The topological polar surface area (TPSA) is 55.6 Å². The summed E-state index contributed by atoms with van der Waals surface area (Å²) in [5.41, 5.74) is 6.31. The molecule has 0 spiro atoms. The van der Waals surface area contributed by atoms with Gasteiger partial charge in [0, 0.05) is 18.7 Å². The summed E-state index contributed by atoms with van der Waals surface area (Å²) in [6.07, 6.45) is 0. The summed E-state index contributed by atoms with van der Waals surface area (Å²) >= 11 is 4.88. The van der Waals surface area contributed by atoms with E-state index in [1.807, 2.05) is 6.92 Å². The zero-order valence-corrected chi connectivity index (χ0v) is 13.1. The highest BCUT2D eigenvalue weighted by atomic mass is 32.1. The minimum atomic E-state index is -0.000350. The van der Waals surface area contributed by atoms with Crippen LogP contribution in [0.4, 0.5) is 0 Å². The fourth-order valence-electron chi connectivity index (χ4n) is 1.80. The van der Waals surface area contributed by atoms with E-state index in [4.69, 9.17) is 22.7 Å². The summed E-state index contributed by atoms with van der Waals surface area (Å²) in [7, 11) is 0. The van der Waals surface area contributed by atoms with Gasteiger partial charge < -0.3 is 15.4 Å². The van der Waals surface area contributed by atoms with Gasteiger partial charge in [-0.3, -0.25) is 4.79 Å². The highest BCUT2D eigenvalue weighted by Gasteiger charge is 2.13. The molecule has 0 unspecified atom stereocenters. The third kappa shape index (κ3) is 5.17. The van der Waals surface area contributed by atoms with Gasteiger partial charge in [0.2, 0.25) is 0 Å². The molecule has 1 aromatic carbocycles. The summed E-state index contributed by atoms with van der Waals surface area (Å²) in [5.74, 6) is 1.09. The summed E-state index contributed by atoms with van der Waals surface area (Å²) < 4.78 is 5.49. The Morgan fingerprint density at radius 1 is 1.35 bits per heavy atom. The first-order valence-electron chi connectivity index (χ1n) is 6.74. The number of carbonyl (C=O) groups excluding carboxylic acids is 1. The second kappa shape index (κ2) is 7.85. The van der Waals surface area contributed by atoms with Crippen LogP contribution in [-0.2, 0) is 4.79 Å². The van der Waals surface area contributed by atoms with Gasteiger partial charge in [-0.05, 0) is 37.1 Å². The highest BCUT2D eigenvalue weighted by Crippen LogP contribution is 2.12. The molecule has 0 fully saturated rings. The van der Waals surface area contributed by atoms with Crippen molar-refractivity contribution in [2.24, 2.45) is 11.7 Å². The van der Waals surface area contributed by atoms with E-state index in [-0.39, 0.29) is 12.5 Å². The number of rotatable bonds is 7. The van der Waals surface area contributed by atoms with E-state index in [2.05, 4.69) is 13.8 Å². The van der Waals surface area contributed by atoms with Crippen molar-refractivity contribution in [3.8, 4) is 5.75 Å². The Labute approximate surface area is 125 Å². The average Bonchev–Trinajstić information content (AvgIpc) is 2.42. The maximum absolute atomic E-state index is 12.0. The van der Waals surface area contributed by atoms with Gasteiger partial charge in [-0.1, -0.05) is 26.1 Å². The van der Waals surface area contributed by atoms with Crippen molar-refractivity contribution in [1.82, 2.24) is 4.90 Å². The second-order valence-corrected chi connectivity index (χ2v) is 5.44. The molecule has 110 valence electrons. The third-order valence-electron chi connectivity index (χ3n) is 2.82. The maximum atomic E-state index is 12.0. The molecule has 20 heavy (non-hydrogen) atoms. The van der Waals surface area contributed by atoms with Crippen LogP contribution in [0.3, 0.4) is 0 Å². The van der Waals surface area contributed by atoms with Crippen LogP contribution in [-0.4, -0.2) is 35.5 Å². The lowest BCUT2D eigenvalue weighted by Gasteiger charge is -2.22. The highest BCUT2D eigenvalue weighted by molar-refractivity contribution is 7.80. The first-order chi connectivity index (χ1) is 9.43. The molecule has 0 atom stereocenters. The number of thiocarbonyl (C=S) groups is 1. The zero-order valence-electron chi connectivity index (χ0n) is 12.3. The molecule has 0 saturated heterocycles. The van der Waals surface area contributed by atoms with Gasteiger partial charge in [-0.15, -0.1) is 0 Å². The normalized spacial score (nSPS) is 10.4. The Kier molecular flexibility index (Phi) is 6.45. The van der Waals surface area contributed by atoms with Crippen LogP contribution < -0.4 is 10.5 Å². The van der Waals surface area contributed by atoms with E-state index in [0.717, 1.165) is 12.1 Å². The first-order valence-corrected chi connectivity index (χ1v) is 7.15. The fourth-order valence-corrected chi connectivity index (χ4v) is 1.94. The lowest BCUT2D eigenvalue weighted by atomic mass is 10.2. The third-order valence-corrected chi connectivity index (χ3v) is 3.06. The van der Waals surface area contributed by atoms with E-state index in [1.54, 1.807) is 29.2 Å². The molecule has 2 N–H and O–H groups in total. The van der Waals surface area contributed by atoms with Crippen molar-refractivity contribution >= 4 is 23.1 Å². The molecule has 1 amide bonds. The molecule has 0 saturated carbocycles. The van der Waals surface area contributed by atoms with E-state index >= 15 is 0 Å². The van der Waals surface area contributed by atoms with Crippen LogP contribution >= 0.6 is 12.2 Å². The first kappa shape index (κ1) is 16.4. The number of nitrogens with two attached hydrogens (primary N) is 1. The molecular formula is C15H22N2O2S. The molecule has 5 heteroatoms. The Bertz CT molecular complexity index is 457. The Hall–Kier alpha value is -1.62. The maximum Gasteiger partial charge on any atom is 0.260 e. The van der Waals surface area contributed by atoms with Gasteiger partial charge in [0.15, 0.2) is 6.61 Å². The number of nitrogens with zero attached hydrogens (tertiary/aromatic N) is 1. The van der Waals surface area contributed by atoms with Crippen molar-refractivity contribution in [3.63, 3.8) is 0 Å². The predicted octanol–water partition coefficient (Wildman–Crippen LogP) is 2.20. The van der Waals surface area contributed by atoms with Crippen molar-refractivity contribution in [1.29, 1.82) is 0 Å². The van der Waals surface area contributed by atoms with Crippen molar-refractivity contribution in [2.45, 2.75) is 20.8 Å². The quantitative estimate of drug-likeness (QED) is 0.783. The fraction of sp³-hybridized carbons (Fsp3) is 0.467. The number of likely N-dealkylation sites (N-methyl/N-ethyl adjacent to an activating group) is 1. The molecule has 0 radical (unpaired) electrons. The Balaban J connectivity index is 2.53. The van der Waals surface area contributed by atoms with E-state index < -0.39 is 0 Å². The molecule has 1 aromatic rings. The molecule has 0 heterocycles. The van der Waals surface area contributed by atoms with Crippen molar-refractivity contribution in [3.05, 3.63) is 29.8 Å². The zero-order chi connectivity index (χ0) is 15.1. The minimum absolute atomic E-state index is 0.000350. The SMILES string of the molecule is CCN(CC(C)C)C(=O)COc1ccc(C(N)=S)cc1. The van der Waals surface area contributed by atoms with E-state index in [1.165, 1.54) is 0 Å². The lowest BCUT2D eigenvalue weighted by molar-refractivity contribution is -0.133. The number of ether oxygens (including phenoxy) is 1. The molecule has 4 nitrogen and oxygen atoms in total. The van der Waals surface area contributed by atoms with Crippen molar-refractivity contribution in [2.75, 3.05) is 19.7 Å². The van der Waals surface area contributed by atoms with Crippen LogP contribution in [0.2, 0.25) is 0 Å². The number of carbonyl (C=O) groups is 1. The summed E-state index contributed by atoms with van der Waals surface area (Å²) in [4.78, 5) is 14.2. The number of hydrogen-bond donors (Lipinski definition) is 1. The van der Waals surface area contributed by atoms with Crippen LogP contribution in [0.15, 0.2) is 24.3 Å². The van der Waals surface area contributed by atoms with E-state index in [9.17, 15) is 4.79 Å². The average molecular weight is 294 g/mol. The molecular weight excluding hydrogens is 272 g/mol. The minimum Gasteiger partial charge on any atom is -0.484 e. The van der Waals surface area contributed by atoms with Crippen LogP contribution in [0.25, 0.3) is 0 Å². The van der Waals surface area contributed by atoms with Crippen LogP contribution in [0, 0.1) is 5.92 Å². The van der Waals surface area contributed by atoms with Gasteiger partial charge in [0.25, 0.3) is 5.91 Å². The molecule has 0 aromatic heterocycles. The van der Waals surface area contributed by atoms with Gasteiger partial charge in [-0.25, -0.2) is 0 Å². The molecule has 0 aliphatic rings. The summed E-state index contributed by atoms with van der Waals surface area (Å²) in [6, 6.07) is 7.10. The molecule has 0 aliphatic carbocycles. The summed E-state index contributed by atoms with van der Waals surface area (Å²) in [6.45, 7) is 7.64. The number of hydrogen-bond acceptors (Lipinski definition) is 3. The van der Waals surface area contributed by atoms with Gasteiger partial charge in [-0.2, -0.15) is 0 Å². The predicted molar refractivity (Wildman–Crippen MR) is 84.9 cm³/mol. The Morgan fingerprint density at radius 2 is 1.95 bits per heavy atom. The lowest BCUT2D eigenvalue weighted by Crippen LogP contribution is -2.37. The van der Waals surface area contributed by atoms with E-state index in [0.29, 0.717) is 23.2 Å². The molecule has 0 aliphatic heterocycles. The summed E-state index contributed by atoms with van der Waals surface area (Å²) in [5, 5.41) is 0. The van der Waals surface area contributed by atoms with Gasteiger partial charge >= 0.3 is 0 Å². The molecule has 0 bridgehead atoms. The van der Waals surface area contributed by atoms with Gasteiger partial charge in [0.1, 0.15) is 10.7 Å². The van der Waals surface area contributed by atoms with Crippen LogP contribution in [0.5, 0.6) is 5.75 Å².